The normalized spacial score (nSPS) is 10.4. The zero-order valence-corrected chi connectivity index (χ0v) is 8.62. The summed E-state index contributed by atoms with van der Waals surface area (Å²) in [5.41, 5.74) is 1.48. The molecule has 1 rings (SSSR count). The van der Waals surface area contributed by atoms with Crippen LogP contribution >= 0.6 is 11.6 Å². The third kappa shape index (κ3) is 2.89. The summed E-state index contributed by atoms with van der Waals surface area (Å²) in [5, 5.41) is 0. The van der Waals surface area contributed by atoms with E-state index in [1.54, 1.807) is 18.2 Å². The fourth-order valence-corrected chi connectivity index (χ4v) is 1.16. The molecule has 0 aliphatic rings. The van der Waals surface area contributed by atoms with Gasteiger partial charge in [0.05, 0.1) is 12.7 Å². The molecule has 3 heteroatoms. The number of benzene rings is 1. The van der Waals surface area contributed by atoms with Crippen molar-refractivity contribution in [1.29, 1.82) is 0 Å². The number of carbonyl (C=O) groups is 1. The molecule has 0 spiro atoms. The molecule has 14 heavy (non-hydrogen) atoms. The van der Waals surface area contributed by atoms with Gasteiger partial charge in [-0.3, -0.25) is 0 Å². The molecule has 0 bridgehead atoms. The maximum absolute atomic E-state index is 11.2. The Morgan fingerprint density at radius 1 is 1.57 bits per heavy atom. The molecule has 2 nitrogen and oxygen atoms in total. The second-order valence-corrected chi connectivity index (χ2v) is 2.98. The molecular formula is C11H11ClO2. The largest absolute Gasteiger partial charge is 0.465 e. The minimum absolute atomic E-state index is 0.328. The lowest BCUT2D eigenvalue weighted by Crippen LogP contribution is -2.00. The molecule has 0 amide bonds. The summed E-state index contributed by atoms with van der Waals surface area (Å²) in [6.45, 7) is 0. The van der Waals surface area contributed by atoms with E-state index in [1.165, 1.54) is 7.11 Å². The van der Waals surface area contributed by atoms with E-state index in [1.807, 2.05) is 18.2 Å². The maximum atomic E-state index is 11.2. The van der Waals surface area contributed by atoms with E-state index in [0.717, 1.165) is 5.56 Å². The summed E-state index contributed by atoms with van der Waals surface area (Å²) in [5.74, 6) is 0.133. The van der Waals surface area contributed by atoms with Crippen molar-refractivity contribution in [3.8, 4) is 0 Å². The van der Waals surface area contributed by atoms with Gasteiger partial charge in [-0.2, -0.15) is 0 Å². The summed E-state index contributed by atoms with van der Waals surface area (Å²) in [7, 11) is 1.36. The van der Waals surface area contributed by atoms with E-state index >= 15 is 0 Å². The molecule has 0 heterocycles. The predicted molar refractivity (Wildman–Crippen MR) is 57.5 cm³/mol. The van der Waals surface area contributed by atoms with Crippen LogP contribution in [0.1, 0.15) is 15.9 Å². The summed E-state index contributed by atoms with van der Waals surface area (Å²) >= 11 is 5.50. The highest BCUT2D eigenvalue weighted by Gasteiger charge is 2.03. The highest BCUT2D eigenvalue weighted by Crippen LogP contribution is 2.08. The van der Waals surface area contributed by atoms with Gasteiger partial charge in [-0.05, 0) is 17.7 Å². The Morgan fingerprint density at radius 3 is 3.00 bits per heavy atom. The zero-order valence-electron chi connectivity index (χ0n) is 7.87. The van der Waals surface area contributed by atoms with E-state index in [9.17, 15) is 4.79 Å². The topological polar surface area (TPSA) is 26.3 Å². The zero-order chi connectivity index (χ0) is 10.4. The second kappa shape index (κ2) is 5.45. The molecule has 1 aromatic carbocycles. The fourth-order valence-electron chi connectivity index (χ4n) is 1.07. The SMILES string of the molecule is COC(=O)c1cccc(C=CCCl)c1. The Morgan fingerprint density at radius 2 is 2.36 bits per heavy atom. The molecule has 0 aromatic heterocycles. The van der Waals surface area contributed by atoms with Crippen LogP contribution in [-0.2, 0) is 4.74 Å². The average molecular weight is 211 g/mol. The van der Waals surface area contributed by atoms with Gasteiger partial charge in [0.2, 0.25) is 0 Å². The van der Waals surface area contributed by atoms with Gasteiger partial charge < -0.3 is 4.74 Å². The van der Waals surface area contributed by atoms with Crippen molar-refractivity contribution in [2.45, 2.75) is 0 Å². The predicted octanol–water partition coefficient (Wildman–Crippen LogP) is 2.73. The highest BCUT2D eigenvalue weighted by atomic mass is 35.5. The van der Waals surface area contributed by atoms with Gasteiger partial charge in [0.25, 0.3) is 0 Å². The third-order valence-electron chi connectivity index (χ3n) is 1.71. The molecule has 1 aromatic rings. The van der Waals surface area contributed by atoms with E-state index in [-0.39, 0.29) is 5.97 Å². The number of alkyl halides is 1. The third-order valence-corrected chi connectivity index (χ3v) is 1.89. The Kier molecular flexibility index (Phi) is 4.20. The number of hydrogen-bond donors (Lipinski definition) is 0. The Labute approximate surface area is 88.1 Å². The molecule has 0 radical (unpaired) electrons. The lowest BCUT2D eigenvalue weighted by Gasteiger charge is -1.99. The number of rotatable bonds is 3. The van der Waals surface area contributed by atoms with Crippen molar-refractivity contribution < 1.29 is 9.53 Å². The number of esters is 1. The monoisotopic (exact) mass is 210 g/mol. The van der Waals surface area contributed by atoms with Crippen LogP contribution in [0.5, 0.6) is 0 Å². The number of allylic oxidation sites excluding steroid dienone is 1. The smallest absolute Gasteiger partial charge is 0.337 e. The fraction of sp³-hybridized carbons (Fsp3) is 0.182. The maximum Gasteiger partial charge on any atom is 0.337 e. The van der Waals surface area contributed by atoms with Crippen molar-refractivity contribution in [3.63, 3.8) is 0 Å². The van der Waals surface area contributed by atoms with Crippen molar-refractivity contribution in [2.24, 2.45) is 0 Å². The van der Waals surface area contributed by atoms with Crippen LogP contribution in [0.2, 0.25) is 0 Å². The summed E-state index contributed by atoms with van der Waals surface area (Å²) in [6.07, 6.45) is 3.68. The molecule has 0 aliphatic heterocycles. The van der Waals surface area contributed by atoms with E-state index in [4.69, 9.17) is 11.6 Å². The van der Waals surface area contributed by atoms with Crippen molar-refractivity contribution in [2.75, 3.05) is 13.0 Å². The Bertz CT molecular complexity index is 345. The van der Waals surface area contributed by atoms with Crippen LogP contribution in [0.25, 0.3) is 6.08 Å². The standard InChI is InChI=1S/C11H11ClO2/c1-14-11(13)10-6-2-4-9(8-10)5-3-7-12/h2-6,8H,7H2,1H3. The van der Waals surface area contributed by atoms with Gasteiger partial charge in [-0.15, -0.1) is 11.6 Å². The molecule has 0 N–H and O–H groups in total. The second-order valence-electron chi connectivity index (χ2n) is 2.67. The molecule has 0 saturated carbocycles. The number of methoxy groups -OCH3 is 1. The number of hydrogen-bond acceptors (Lipinski definition) is 2. The first kappa shape index (κ1) is 10.8. The van der Waals surface area contributed by atoms with Gasteiger partial charge >= 0.3 is 5.97 Å². The van der Waals surface area contributed by atoms with Crippen LogP contribution in [0.4, 0.5) is 0 Å². The molecule has 0 fully saturated rings. The summed E-state index contributed by atoms with van der Waals surface area (Å²) in [4.78, 5) is 11.2. The Balaban J connectivity index is 2.89. The van der Waals surface area contributed by atoms with Gasteiger partial charge in [0.15, 0.2) is 0 Å². The van der Waals surface area contributed by atoms with Crippen LogP contribution < -0.4 is 0 Å². The number of ether oxygens (including phenoxy) is 1. The molecular weight excluding hydrogens is 200 g/mol. The van der Waals surface area contributed by atoms with Crippen molar-refractivity contribution in [1.82, 2.24) is 0 Å². The Hall–Kier alpha value is -1.28. The lowest BCUT2D eigenvalue weighted by molar-refractivity contribution is 0.0600. The van der Waals surface area contributed by atoms with Gasteiger partial charge in [-0.1, -0.05) is 24.3 Å². The van der Waals surface area contributed by atoms with Crippen molar-refractivity contribution >= 4 is 23.6 Å². The molecule has 0 aliphatic carbocycles. The van der Waals surface area contributed by atoms with Crippen LogP contribution in [-0.4, -0.2) is 19.0 Å². The first-order valence-corrected chi connectivity index (χ1v) is 4.72. The van der Waals surface area contributed by atoms with Crippen molar-refractivity contribution in [3.05, 3.63) is 41.5 Å². The molecule has 0 saturated heterocycles. The lowest BCUT2D eigenvalue weighted by atomic mass is 10.1. The minimum Gasteiger partial charge on any atom is -0.465 e. The van der Waals surface area contributed by atoms with Crippen LogP contribution in [0.3, 0.4) is 0 Å². The molecule has 74 valence electrons. The van der Waals surface area contributed by atoms with E-state index in [0.29, 0.717) is 11.4 Å². The molecule has 0 atom stereocenters. The van der Waals surface area contributed by atoms with Crippen LogP contribution in [0, 0.1) is 0 Å². The van der Waals surface area contributed by atoms with Gasteiger partial charge in [-0.25, -0.2) is 4.79 Å². The number of halogens is 1. The first-order valence-electron chi connectivity index (χ1n) is 4.19. The quantitative estimate of drug-likeness (QED) is 0.567. The van der Waals surface area contributed by atoms with E-state index in [2.05, 4.69) is 4.74 Å². The highest BCUT2D eigenvalue weighted by molar-refractivity contribution is 6.19. The van der Waals surface area contributed by atoms with Gasteiger partial charge in [0, 0.05) is 5.88 Å². The summed E-state index contributed by atoms with van der Waals surface area (Å²) < 4.78 is 4.61. The minimum atomic E-state index is -0.328. The average Bonchev–Trinajstić information content (AvgIpc) is 2.25. The first-order chi connectivity index (χ1) is 6.77. The van der Waals surface area contributed by atoms with E-state index < -0.39 is 0 Å². The number of carbonyl (C=O) groups excluding carboxylic acids is 1. The van der Waals surface area contributed by atoms with Gasteiger partial charge in [0.1, 0.15) is 0 Å². The van der Waals surface area contributed by atoms with Crippen LogP contribution in [0.15, 0.2) is 30.3 Å². The molecule has 0 unspecified atom stereocenters. The summed E-state index contributed by atoms with van der Waals surface area (Å²) in [6, 6.07) is 7.17.